The number of amides is 1. The first-order chi connectivity index (χ1) is 16.1. The second-order valence-electron chi connectivity index (χ2n) is 9.56. The summed E-state index contributed by atoms with van der Waals surface area (Å²) < 4.78 is 0.791. The summed E-state index contributed by atoms with van der Waals surface area (Å²) in [6.07, 6.45) is 4.39. The quantitative estimate of drug-likeness (QED) is 0.572. The van der Waals surface area contributed by atoms with E-state index in [9.17, 15) is 14.4 Å². The van der Waals surface area contributed by atoms with Gasteiger partial charge in [0.05, 0.1) is 4.47 Å². The minimum atomic E-state index is -0.769. The Labute approximate surface area is 206 Å². The summed E-state index contributed by atoms with van der Waals surface area (Å²) in [5, 5.41) is 6.64. The Morgan fingerprint density at radius 3 is 2.41 bits per heavy atom. The lowest BCUT2D eigenvalue weighted by atomic mass is 9.86. The van der Waals surface area contributed by atoms with Gasteiger partial charge in [0, 0.05) is 43.3 Å². The molecule has 1 saturated carbocycles. The van der Waals surface area contributed by atoms with Crippen molar-refractivity contribution in [1.29, 1.82) is 0 Å². The first-order valence-corrected chi connectivity index (χ1v) is 12.0. The molecular formula is C25H27BrN4O4. The number of ketones is 2. The Morgan fingerprint density at radius 1 is 1.18 bits per heavy atom. The lowest BCUT2D eigenvalue weighted by Gasteiger charge is -2.17. The Hall–Kier alpha value is -2.94. The van der Waals surface area contributed by atoms with E-state index in [0.29, 0.717) is 30.9 Å². The van der Waals surface area contributed by atoms with Crippen molar-refractivity contribution < 1.29 is 19.2 Å². The maximum atomic E-state index is 13.2. The first-order valence-electron chi connectivity index (χ1n) is 11.2. The summed E-state index contributed by atoms with van der Waals surface area (Å²) in [4.78, 5) is 52.3. The molecule has 0 radical (unpaired) electrons. The fourth-order valence-electron chi connectivity index (χ4n) is 4.65. The topological polar surface area (TPSA) is 111 Å². The highest BCUT2D eigenvalue weighted by Gasteiger charge is 2.43. The molecule has 0 bridgehead atoms. The van der Waals surface area contributed by atoms with Gasteiger partial charge in [0.2, 0.25) is 0 Å². The van der Waals surface area contributed by atoms with E-state index in [1.54, 1.807) is 12.4 Å². The number of halogens is 1. The zero-order chi connectivity index (χ0) is 24.6. The summed E-state index contributed by atoms with van der Waals surface area (Å²) in [6.45, 7) is 7.84. The summed E-state index contributed by atoms with van der Waals surface area (Å²) in [6, 6.07) is 3.84. The highest BCUT2D eigenvalue weighted by atomic mass is 79.9. The largest absolute Gasteiger partial charge is 0.389 e. The Bertz CT molecular complexity index is 1170. The molecule has 4 rings (SSSR count). The number of carbonyl (C=O) groups excluding carboxylic acids is 3. The average Bonchev–Trinajstić information content (AvgIpc) is 3.27. The van der Waals surface area contributed by atoms with Crippen molar-refractivity contribution in [3.63, 3.8) is 0 Å². The van der Waals surface area contributed by atoms with Gasteiger partial charge >= 0.3 is 0 Å². The summed E-state index contributed by atoms with van der Waals surface area (Å²) in [5.41, 5.74) is 3.20. The predicted molar refractivity (Wildman–Crippen MR) is 130 cm³/mol. The van der Waals surface area contributed by atoms with Crippen molar-refractivity contribution in [2.45, 2.75) is 58.5 Å². The van der Waals surface area contributed by atoms with Gasteiger partial charge in [-0.15, -0.1) is 0 Å². The number of aryl methyl sites for hydroxylation is 2. The van der Waals surface area contributed by atoms with Gasteiger partial charge in [-0.05, 0) is 78.9 Å². The highest BCUT2D eigenvalue weighted by Crippen LogP contribution is 2.38. The number of carbonyl (C=O) groups is 3. The minimum Gasteiger partial charge on any atom is -0.389 e. The van der Waals surface area contributed by atoms with E-state index in [4.69, 9.17) is 4.84 Å². The van der Waals surface area contributed by atoms with Crippen LogP contribution in [0.15, 0.2) is 34.2 Å². The van der Waals surface area contributed by atoms with Crippen LogP contribution in [0.3, 0.4) is 0 Å². The van der Waals surface area contributed by atoms with E-state index in [2.05, 4.69) is 36.4 Å². The van der Waals surface area contributed by atoms with Crippen LogP contribution < -0.4 is 5.32 Å². The van der Waals surface area contributed by atoms with Gasteiger partial charge < -0.3 is 10.2 Å². The average molecular weight is 527 g/mol. The van der Waals surface area contributed by atoms with E-state index in [1.165, 1.54) is 0 Å². The fraction of sp³-hybridized carbons (Fsp3) is 0.440. The molecule has 0 saturated heterocycles. The van der Waals surface area contributed by atoms with Crippen LogP contribution >= 0.6 is 15.9 Å². The third-order valence-corrected chi connectivity index (χ3v) is 6.66. The van der Waals surface area contributed by atoms with E-state index in [-0.39, 0.29) is 23.9 Å². The van der Waals surface area contributed by atoms with Crippen molar-refractivity contribution in [1.82, 2.24) is 15.3 Å². The standard InChI is InChI=1S/C25H27BrN4O4/c1-13-7-16(23-28-11-17(26)12-29-23)8-14(2)20(13)21-19(31)9-15(22(21)32)5-6-27-24(33)18-10-25(3,4)34-30-18/h7-8,11-12,15,21H,5-6,9-10H2,1-4H3,(H,27,33). The molecule has 1 fully saturated rings. The normalized spacial score (nSPS) is 21.4. The predicted octanol–water partition coefficient (Wildman–Crippen LogP) is 3.83. The Balaban J connectivity index is 1.43. The smallest absolute Gasteiger partial charge is 0.269 e. The minimum absolute atomic E-state index is 0.0736. The molecule has 1 amide bonds. The van der Waals surface area contributed by atoms with Crippen LogP contribution in [0.2, 0.25) is 0 Å². The van der Waals surface area contributed by atoms with Crippen LogP contribution in [0.4, 0.5) is 0 Å². The van der Waals surface area contributed by atoms with Gasteiger partial charge in [-0.1, -0.05) is 5.16 Å². The van der Waals surface area contributed by atoms with Gasteiger partial charge in [0.1, 0.15) is 23.0 Å². The summed E-state index contributed by atoms with van der Waals surface area (Å²) in [5.74, 6) is -1.05. The molecule has 0 spiro atoms. The molecule has 2 unspecified atom stereocenters. The number of hydrogen-bond donors (Lipinski definition) is 1. The number of aromatic nitrogens is 2. The van der Waals surface area contributed by atoms with Gasteiger partial charge in [-0.3, -0.25) is 14.4 Å². The van der Waals surface area contributed by atoms with Crippen LogP contribution in [-0.2, 0) is 19.2 Å². The van der Waals surface area contributed by atoms with Crippen LogP contribution in [0.25, 0.3) is 11.4 Å². The SMILES string of the molecule is Cc1cc(-c2ncc(Br)cn2)cc(C)c1C1C(=O)CC(CCNC(=O)C2=NOC(C)(C)C2)C1=O. The Morgan fingerprint density at radius 2 is 1.82 bits per heavy atom. The number of nitrogens with one attached hydrogen (secondary N) is 1. The molecule has 1 aliphatic carbocycles. The number of nitrogens with zero attached hydrogens (tertiary/aromatic N) is 3. The summed E-state index contributed by atoms with van der Waals surface area (Å²) in [7, 11) is 0. The second-order valence-corrected chi connectivity index (χ2v) is 10.5. The zero-order valence-corrected chi connectivity index (χ0v) is 21.2. The highest BCUT2D eigenvalue weighted by molar-refractivity contribution is 9.10. The van der Waals surface area contributed by atoms with E-state index < -0.39 is 17.4 Å². The first kappa shape index (κ1) is 24.2. The molecule has 1 aromatic heterocycles. The molecule has 2 aromatic rings. The van der Waals surface area contributed by atoms with Crippen molar-refractivity contribution in [2.24, 2.45) is 11.1 Å². The molecular weight excluding hydrogens is 500 g/mol. The van der Waals surface area contributed by atoms with Crippen molar-refractivity contribution >= 4 is 39.1 Å². The lowest BCUT2D eigenvalue weighted by Crippen LogP contribution is -2.34. The Kier molecular flexibility index (Phi) is 6.66. The van der Waals surface area contributed by atoms with E-state index in [1.807, 2.05) is 39.8 Å². The van der Waals surface area contributed by atoms with Gasteiger partial charge in [0.15, 0.2) is 11.6 Å². The third kappa shape index (κ3) is 4.94. The third-order valence-electron chi connectivity index (χ3n) is 6.25. The lowest BCUT2D eigenvalue weighted by molar-refractivity contribution is -0.125. The second kappa shape index (κ2) is 9.37. The number of hydrogen-bond acceptors (Lipinski definition) is 7. The van der Waals surface area contributed by atoms with Crippen LogP contribution in [0.1, 0.15) is 55.7 Å². The molecule has 2 aliphatic rings. The molecule has 2 atom stereocenters. The van der Waals surface area contributed by atoms with Gasteiger partial charge in [0.25, 0.3) is 5.91 Å². The summed E-state index contributed by atoms with van der Waals surface area (Å²) >= 11 is 3.33. The molecule has 9 heteroatoms. The number of rotatable bonds is 6. The van der Waals surface area contributed by atoms with E-state index in [0.717, 1.165) is 26.7 Å². The van der Waals surface area contributed by atoms with Crippen molar-refractivity contribution in [3.05, 3.63) is 45.7 Å². The maximum absolute atomic E-state index is 13.2. The molecule has 178 valence electrons. The van der Waals surface area contributed by atoms with Gasteiger partial charge in [-0.25, -0.2) is 9.97 Å². The maximum Gasteiger partial charge on any atom is 0.269 e. The molecule has 8 nitrogen and oxygen atoms in total. The number of oxime groups is 1. The van der Waals surface area contributed by atoms with E-state index >= 15 is 0 Å². The van der Waals surface area contributed by atoms with Crippen LogP contribution in [0.5, 0.6) is 0 Å². The fourth-order valence-corrected chi connectivity index (χ4v) is 4.86. The van der Waals surface area contributed by atoms with Crippen molar-refractivity contribution in [3.8, 4) is 11.4 Å². The molecule has 34 heavy (non-hydrogen) atoms. The number of benzene rings is 1. The van der Waals surface area contributed by atoms with Crippen LogP contribution in [0, 0.1) is 19.8 Å². The molecule has 1 aromatic carbocycles. The number of Topliss-reactive ketones (excluding diaryl/α,β-unsaturated/α-hetero) is 2. The van der Waals surface area contributed by atoms with Gasteiger partial charge in [-0.2, -0.15) is 0 Å². The van der Waals surface area contributed by atoms with Crippen molar-refractivity contribution in [2.75, 3.05) is 6.54 Å². The molecule has 2 heterocycles. The van der Waals surface area contributed by atoms with Crippen LogP contribution in [-0.4, -0.2) is 45.3 Å². The molecule has 1 N–H and O–H groups in total. The zero-order valence-electron chi connectivity index (χ0n) is 19.6. The molecule has 1 aliphatic heterocycles. The monoisotopic (exact) mass is 526 g/mol.